The molecule has 0 radical (unpaired) electrons. The second kappa shape index (κ2) is 5.75. The summed E-state index contributed by atoms with van der Waals surface area (Å²) in [7, 11) is 0. The number of carbonyl (C=O) groups excluding carboxylic acids is 2. The summed E-state index contributed by atoms with van der Waals surface area (Å²) < 4.78 is 0. The fourth-order valence-corrected chi connectivity index (χ4v) is 1.91. The van der Waals surface area contributed by atoms with Crippen LogP contribution in [0.3, 0.4) is 0 Å². The van der Waals surface area contributed by atoms with Crippen molar-refractivity contribution in [2.45, 2.75) is 18.9 Å². The smallest absolute Gasteiger partial charge is 0.255 e. The molecule has 1 aliphatic rings. The second-order valence-electron chi connectivity index (χ2n) is 5.02. The van der Waals surface area contributed by atoms with E-state index in [1.165, 1.54) is 0 Å². The van der Waals surface area contributed by atoms with E-state index >= 15 is 0 Å². The van der Waals surface area contributed by atoms with Crippen molar-refractivity contribution in [1.29, 1.82) is 0 Å². The first-order valence-electron chi connectivity index (χ1n) is 6.85. The molecule has 2 N–H and O–H groups in total. The Morgan fingerprint density at radius 2 is 1.52 bits per heavy atom. The highest BCUT2D eigenvalue weighted by molar-refractivity contribution is 6.04. The third-order valence-corrected chi connectivity index (χ3v) is 3.26. The zero-order chi connectivity index (χ0) is 14.7. The van der Waals surface area contributed by atoms with Crippen molar-refractivity contribution in [3.05, 3.63) is 59.9 Å². The molecular weight excluding hydrogens is 266 g/mol. The molecule has 1 heterocycles. The Morgan fingerprint density at radius 1 is 0.905 bits per heavy atom. The Kier molecular flexibility index (Phi) is 3.64. The first-order valence-corrected chi connectivity index (χ1v) is 6.85. The monoisotopic (exact) mass is 281 g/mol. The number of pyridine rings is 1. The van der Waals surface area contributed by atoms with Crippen molar-refractivity contribution in [3.63, 3.8) is 0 Å². The number of hydrogen-bond acceptors (Lipinski definition) is 3. The van der Waals surface area contributed by atoms with Gasteiger partial charge in [0.05, 0.1) is 0 Å². The topological polar surface area (TPSA) is 71.1 Å². The predicted octanol–water partition coefficient (Wildman–Crippen LogP) is 2.23. The Balaban J connectivity index is 1.64. The predicted molar refractivity (Wildman–Crippen MR) is 79.1 cm³/mol. The van der Waals surface area contributed by atoms with Crippen molar-refractivity contribution in [3.8, 4) is 0 Å². The standard InChI is InChI=1S/C16H15N3O2/c20-15(19-14-5-6-14)11-1-3-13(4-2-11)18-16(21)12-7-9-17-10-8-12/h1-4,7-10,14H,5-6H2,(H,18,21)(H,19,20). The SMILES string of the molecule is O=C(Nc1ccc(C(=O)NC2CC2)cc1)c1ccncc1. The zero-order valence-electron chi connectivity index (χ0n) is 11.4. The molecule has 1 aromatic carbocycles. The van der Waals surface area contributed by atoms with Gasteiger partial charge in [0.2, 0.25) is 0 Å². The zero-order valence-corrected chi connectivity index (χ0v) is 11.4. The molecule has 0 bridgehead atoms. The molecule has 0 atom stereocenters. The first kappa shape index (κ1) is 13.3. The molecule has 5 nitrogen and oxygen atoms in total. The van der Waals surface area contributed by atoms with Gasteiger partial charge in [0.25, 0.3) is 11.8 Å². The minimum absolute atomic E-state index is 0.0653. The second-order valence-corrected chi connectivity index (χ2v) is 5.02. The maximum Gasteiger partial charge on any atom is 0.255 e. The van der Waals surface area contributed by atoms with Gasteiger partial charge < -0.3 is 10.6 Å². The van der Waals surface area contributed by atoms with E-state index in [1.807, 2.05) is 0 Å². The molecule has 1 aliphatic carbocycles. The third-order valence-electron chi connectivity index (χ3n) is 3.26. The summed E-state index contributed by atoms with van der Waals surface area (Å²) in [5.74, 6) is -0.267. The maximum atomic E-state index is 12.0. The molecule has 0 unspecified atom stereocenters. The van der Waals surface area contributed by atoms with Crippen LogP contribution in [0.4, 0.5) is 5.69 Å². The summed E-state index contributed by atoms with van der Waals surface area (Å²) in [5, 5.41) is 5.70. The number of nitrogens with zero attached hydrogens (tertiary/aromatic N) is 1. The number of benzene rings is 1. The minimum atomic E-state index is -0.201. The van der Waals surface area contributed by atoms with E-state index in [0.29, 0.717) is 22.9 Å². The lowest BCUT2D eigenvalue weighted by Crippen LogP contribution is -2.25. The number of rotatable bonds is 4. The molecule has 0 spiro atoms. The Hall–Kier alpha value is -2.69. The van der Waals surface area contributed by atoms with Crippen LogP contribution < -0.4 is 10.6 Å². The molecule has 1 aromatic heterocycles. The van der Waals surface area contributed by atoms with Crippen molar-refractivity contribution in [2.24, 2.45) is 0 Å². The van der Waals surface area contributed by atoms with Crippen LogP contribution in [0.2, 0.25) is 0 Å². The van der Waals surface area contributed by atoms with Gasteiger partial charge in [-0.1, -0.05) is 0 Å². The quantitative estimate of drug-likeness (QED) is 0.902. The number of nitrogens with one attached hydrogen (secondary N) is 2. The van der Waals surface area contributed by atoms with Crippen LogP contribution >= 0.6 is 0 Å². The lowest BCUT2D eigenvalue weighted by Gasteiger charge is -2.07. The van der Waals surface area contributed by atoms with Gasteiger partial charge in [0.15, 0.2) is 0 Å². The lowest BCUT2D eigenvalue weighted by molar-refractivity contribution is 0.0950. The van der Waals surface area contributed by atoms with E-state index in [0.717, 1.165) is 12.8 Å². The summed E-state index contributed by atoms with van der Waals surface area (Å²) in [6.45, 7) is 0. The molecule has 106 valence electrons. The summed E-state index contributed by atoms with van der Waals surface area (Å²) in [6.07, 6.45) is 5.26. The van der Waals surface area contributed by atoms with Gasteiger partial charge in [-0.3, -0.25) is 14.6 Å². The molecule has 0 saturated heterocycles. The average molecular weight is 281 g/mol. The molecule has 5 heteroatoms. The Bertz CT molecular complexity index is 649. The van der Waals surface area contributed by atoms with Gasteiger partial charge in [0, 0.05) is 35.2 Å². The number of carbonyl (C=O) groups is 2. The van der Waals surface area contributed by atoms with Crippen LogP contribution in [0.25, 0.3) is 0 Å². The minimum Gasteiger partial charge on any atom is -0.349 e. The normalized spacial score (nSPS) is 13.5. The van der Waals surface area contributed by atoms with Crippen molar-refractivity contribution in [2.75, 3.05) is 5.32 Å². The van der Waals surface area contributed by atoms with Gasteiger partial charge in [-0.05, 0) is 49.2 Å². The average Bonchev–Trinajstić information content (AvgIpc) is 3.33. The Morgan fingerprint density at radius 3 is 2.14 bits per heavy atom. The van der Waals surface area contributed by atoms with Gasteiger partial charge in [-0.2, -0.15) is 0 Å². The number of amides is 2. The molecular formula is C16H15N3O2. The molecule has 3 rings (SSSR count). The van der Waals surface area contributed by atoms with Crippen LogP contribution in [0, 0.1) is 0 Å². The fourth-order valence-electron chi connectivity index (χ4n) is 1.91. The molecule has 0 aliphatic heterocycles. The van der Waals surface area contributed by atoms with Gasteiger partial charge in [0.1, 0.15) is 0 Å². The summed E-state index contributed by atoms with van der Waals surface area (Å²) >= 11 is 0. The van der Waals surface area contributed by atoms with Crippen LogP contribution in [0.5, 0.6) is 0 Å². The molecule has 1 saturated carbocycles. The van der Waals surface area contributed by atoms with Crippen molar-refractivity contribution in [1.82, 2.24) is 10.3 Å². The largest absolute Gasteiger partial charge is 0.349 e. The highest BCUT2D eigenvalue weighted by Crippen LogP contribution is 2.19. The van der Waals surface area contributed by atoms with Crippen molar-refractivity contribution < 1.29 is 9.59 Å². The molecule has 2 aromatic rings. The van der Waals surface area contributed by atoms with Crippen LogP contribution in [0.1, 0.15) is 33.6 Å². The van der Waals surface area contributed by atoms with Crippen LogP contribution in [0.15, 0.2) is 48.8 Å². The number of aromatic nitrogens is 1. The maximum absolute atomic E-state index is 12.0. The van der Waals surface area contributed by atoms with E-state index in [2.05, 4.69) is 15.6 Å². The molecule has 21 heavy (non-hydrogen) atoms. The van der Waals surface area contributed by atoms with Crippen molar-refractivity contribution >= 4 is 17.5 Å². The molecule has 2 amide bonds. The lowest BCUT2D eigenvalue weighted by atomic mass is 10.2. The van der Waals surface area contributed by atoms with E-state index < -0.39 is 0 Å². The number of anilines is 1. The van der Waals surface area contributed by atoms with E-state index in [1.54, 1.807) is 48.8 Å². The fraction of sp³-hybridized carbons (Fsp3) is 0.188. The van der Waals surface area contributed by atoms with E-state index in [4.69, 9.17) is 0 Å². The van der Waals surface area contributed by atoms with E-state index in [9.17, 15) is 9.59 Å². The van der Waals surface area contributed by atoms with Crippen LogP contribution in [-0.2, 0) is 0 Å². The van der Waals surface area contributed by atoms with Gasteiger partial charge in [-0.25, -0.2) is 0 Å². The summed E-state index contributed by atoms with van der Waals surface area (Å²) in [5.41, 5.74) is 1.80. The summed E-state index contributed by atoms with van der Waals surface area (Å²) in [4.78, 5) is 27.7. The number of hydrogen-bond donors (Lipinski definition) is 2. The summed E-state index contributed by atoms with van der Waals surface area (Å²) in [6, 6.07) is 10.5. The Labute approximate surface area is 122 Å². The van der Waals surface area contributed by atoms with Gasteiger partial charge >= 0.3 is 0 Å². The highest BCUT2D eigenvalue weighted by Gasteiger charge is 2.23. The van der Waals surface area contributed by atoms with Crippen LogP contribution in [-0.4, -0.2) is 22.8 Å². The first-order chi connectivity index (χ1) is 10.2. The van der Waals surface area contributed by atoms with E-state index in [-0.39, 0.29) is 11.8 Å². The molecule has 1 fully saturated rings. The van der Waals surface area contributed by atoms with Gasteiger partial charge in [-0.15, -0.1) is 0 Å². The third kappa shape index (κ3) is 3.45. The highest BCUT2D eigenvalue weighted by atomic mass is 16.2.